The van der Waals surface area contributed by atoms with Gasteiger partial charge in [-0.2, -0.15) is 5.10 Å². The van der Waals surface area contributed by atoms with Crippen LogP contribution in [0.15, 0.2) is 6.20 Å². The molecule has 1 N–H and O–H groups in total. The molecule has 2 saturated heterocycles. The van der Waals surface area contributed by atoms with Gasteiger partial charge in [-0.3, -0.25) is 9.48 Å². The molecule has 2 aliphatic rings. The highest BCUT2D eigenvalue weighted by Crippen LogP contribution is 2.30. The van der Waals surface area contributed by atoms with Gasteiger partial charge in [0.25, 0.3) is 5.91 Å². The zero-order valence-electron chi connectivity index (χ0n) is 12.4. The van der Waals surface area contributed by atoms with Crippen LogP contribution in [0.2, 0.25) is 0 Å². The quantitative estimate of drug-likeness (QED) is 0.886. The highest BCUT2D eigenvalue weighted by molar-refractivity contribution is 5.95. The molecule has 1 atom stereocenters. The Labute approximate surface area is 120 Å². The van der Waals surface area contributed by atoms with Crippen LogP contribution in [0.1, 0.15) is 41.7 Å². The number of carbonyl (C=O) groups is 1. The van der Waals surface area contributed by atoms with Crippen LogP contribution >= 0.6 is 0 Å². The summed E-state index contributed by atoms with van der Waals surface area (Å²) in [4.78, 5) is 14.9. The van der Waals surface area contributed by atoms with Gasteiger partial charge in [0.05, 0.1) is 11.3 Å². The first-order valence-corrected chi connectivity index (χ1v) is 7.69. The number of aromatic nitrogens is 2. The van der Waals surface area contributed by atoms with E-state index in [1.54, 1.807) is 4.68 Å². The summed E-state index contributed by atoms with van der Waals surface area (Å²) >= 11 is 0. The molecule has 0 saturated carbocycles. The summed E-state index contributed by atoms with van der Waals surface area (Å²) in [5.74, 6) is 0.844. The van der Waals surface area contributed by atoms with Crippen molar-refractivity contribution in [1.82, 2.24) is 20.0 Å². The first-order chi connectivity index (χ1) is 9.66. The Morgan fingerprint density at radius 1 is 1.35 bits per heavy atom. The lowest BCUT2D eigenvalue weighted by Crippen LogP contribution is -2.43. The normalized spacial score (nSPS) is 24.3. The molecule has 3 heterocycles. The van der Waals surface area contributed by atoms with Crippen LogP contribution in [0, 0.1) is 12.8 Å². The second kappa shape index (κ2) is 5.56. The maximum absolute atomic E-state index is 12.8. The molecular formula is C15H24N4O. The zero-order chi connectivity index (χ0) is 14.1. The monoisotopic (exact) mass is 276 g/mol. The third-order valence-electron chi connectivity index (χ3n) is 4.73. The molecular weight excluding hydrogens is 252 g/mol. The number of nitrogens with one attached hydrogen (secondary N) is 1. The van der Waals surface area contributed by atoms with Gasteiger partial charge >= 0.3 is 0 Å². The minimum Gasteiger partial charge on any atom is -0.335 e. The number of rotatable bonds is 2. The maximum atomic E-state index is 12.8. The van der Waals surface area contributed by atoms with Gasteiger partial charge in [-0.25, -0.2) is 0 Å². The third kappa shape index (κ3) is 2.46. The molecule has 1 unspecified atom stereocenters. The number of likely N-dealkylation sites (tertiary alicyclic amines) is 1. The second-order valence-corrected chi connectivity index (χ2v) is 6.10. The van der Waals surface area contributed by atoms with Gasteiger partial charge in [0.1, 0.15) is 0 Å². The Morgan fingerprint density at radius 2 is 2.10 bits per heavy atom. The zero-order valence-corrected chi connectivity index (χ0v) is 12.4. The molecule has 20 heavy (non-hydrogen) atoms. The summed E-state index contributed by atoms with van der Waals surface area (Å²) in [7, 11) is 1.87. The minimum absolute atomic E-state index is 0.177. The Morgan fingerprint density at radius 3 is 2.75 bits per heavy atom. The molecule has 3 rings (SSSR count). The minimum atomic E-state index is 0.177. The van der Waals surface area contributed by atoms with E-state index in [4.69, 9.17) is 0 Å². The Kier molecular flexibility index (Phi) is 3.78. The first-order valence-electron chi connectivity index (χ1n) is 7.69. The van der Waals surface area contributed by atoms with Crippen molar-refractivity contribution in [2.75, 3.05) is 19.6 Å². The SMILES string of the molecule is Cc1nn(C)cc1C(=O)N1CCCC1C1CCNCC1. The molecule has 0 aromatic carbocycles. The van der Waals surface area contributed by atoms with Crippen molar-refractivity contribution < 1.29 is 4.79 Å². The predicted octanol–water partition coefficient (Wildman–Crippen LogP) is 1.33. The van der Waals surface area contributed by atoms with Crippen molar-refractivity contribution in [2.24, 2.45) is 13.0 Å². The van der Waals surface area contributed by atoms with Gasteiger partial charge in [-0.05, 0) is 51.6 Å². The maximum Gasteiger partial charge on any atom is 0.257 e. The number of aryl methyl sites for hydroxylation is 2. The van der Waals surface area contributed by atoms with E-state index < -0.39 is 0 Å². The number of carbonyl (C=O) groups excluding carboxylic acids is 1. The van der Waals surface area contributed by atoms with Crippen LogP contribution < -0.4 is 5.32 Å². The van der Waals surface area contributed by atoms with Crippen LogP contribution in [-0.2, 0) is 7.05 Å². The summed E-state index contributed by atoms with van der Waals surface area (Å²) in [6.45, 7) is 5.01. The Hall–Kier alpha value is -1.36. The molecule has 0 aliphatic carbocycles. The Bertz CT molecular complexity index is 490. The van der Waals surface area contributed by atoms with Crippen molar-refractivity contribution in [1.29, 1.82) is 0 Å². The number of piperidine rings is 1. The number of hydrogen-bond acceptors (Lipinski definition) is 3. The molecule has 0 bridgehead atoms. The third-order valence-corrected chi connectivity index (χ3v) is 4.73. The van der Waals surface area contributed by atoms with Gasteiger partial charge in [-0.1, -0.05) is 0 Å². The van der Waals surface area contributed by atoms with Crippen molar-refractivity contribution >= 4 is 5.91 Å². The first kappa shape index (κ1) is 13.6. The molecule has 5 heteroatoms. The molecule has 2 aliphatic heterocycles. The molecule has 1 aromatic heterocycles. The molecule has 110 valence electrons. The number of nitrogens with zero attached hydrogens (tertiary/aromatic N) is 3. The van der Waals surface area contributed by atoms with E-state index in [1.807, 2.05) is 20.2 Å². The molecule has 0 radical (unpaired) electrons. The van der Waals surface area contributed by atoms with E-state index >= 15 is 0 Å². The average molecular weight is 276 g/mol. The van der Waals surface area contributed by atoms with E-state index in [1.165, 1.54) is 12.8 Å². The Balaban J connectivity index is 1.77. The number of hydrogen-bond donors (Lipinski definition) is 1. The fourth-order valence-electron chi connectivity index (χ4n) is 3.73. The van der Waals surface area contributed by atoms with Gasteiger partial charge in [-0.15, -0.1) is 0 Å². The van der Waals surface area contributed by atoms with Crippen molar-refractivity contribution in [3.05, 3.63) is 17.5 Å². The van der Waals surface area contributed by atoms with E-state index in [2.05, 4.69) is 15.3 Å². The van der Waals surface area contributed by atoms with Gasteiger partial charge < -0.3 is 10.2 Å². The van der Waals surface area contributed by atoms with E-state index in [0.717, 1.165) is 43.7 Å². The molecule has 1 aromatic rings. The molecule has 2 fully saturated rings. The predicted molar refractivity (Wildman–Crippen MR) is 77.6 cm³/mol. The fourth-order valence-corrected chi connectivity index (χ4v) is 3.73. The van der Waals surface area contributed by atoms with Crippen molar-refractivity contribution in [2.45, 2.75) is 38.6 Å². The van der Waals surface area contributed by atoms with Gasteiger partial charge in [0, 0.05) is 25.8 Å². The highest BCUT2D eigenvalue weighted by atomic mass is 16.2. The summed E-state index contributed by atoms with van der Waals surface area (Å²) in [6.07, 6.45) is 6.55. The van der Waals surface area contributed by atoms with Crippen LogP contribution in [-0.4, -0.2) is 46.3 Å². The van der Waals surface area contributed by atoms with Crippen molar-refractivity contribution in [3.63, 3.8) is 0 Å². The average Bonchev–Trinajstić information content (AvgIpc) is 3.05. The van der Waals surface area contributed by atoms with Crippen LogP contribution in [0.25, 0.3) is 0 Å². The molecule has 1 amide bonds. The molecule has 5 nitrogen and oxygen atoms in total. The lowest BCUT2D eigenvalue weighted by molar-refractivity contribution is 0.0665. The number of amides is 1. The lowest BCUT2D eigenvalue weighted by atomic mass is 9.88. The van der Waals surface area contributed by atoms with E-state index in [-0.39, 0.29) is 5.91 Å². The lowest BCUT2D eigenvalue weighted by Gasteiger charge is -2.34. The second-order valence-electron chi connectivity index (χ2n) is 6.10. The van der Waals surface area contributed by atoms with Crippen molar-refractivity contribution in [3.8, 4) is 0 Å². The largest absolute Gasteiger partial charge is 0.335 e. The van der Waals surface area contributed by atoms with Gasteiger partial charge in [0.15, 0.2) is 0 Å². The standard InChI is InChI=1S/C15H24N4O/c1-11-13(10-18(2)17-11)15(20)19-9-3-4-14(19)12-5-7-16-8-6-12/h10,12,14,16H,3-9H2,1-2H3. The smallest absolute Gasteiger partial charge is 0.257 e. The summed E-state index contributed by atoms with van der Waals surface area (Å²) in [5.41, 5.74) is 1.61. The van der Waals surface area contributed by atoms with Gasteiger partial charge in [0.2, 0.25) is 0 Å². The molecule has 0 spiro atoms. The summed E-state index contributed by atoms with van der Waals surface area (Å²) in [5, 5.41) is 7.71. The topological polar surface area (TPSA) is 50.2 Å². The summed E-state index contributed by atoms with van der Waals surface area (Å²) < 4.78 is 1.73. The fraction of sp³-hybridized carbons (Fsp3) is 0.733. The summed E-state index contributed by atoms with van der Waals surface area (Å²) in [6, 6.07) is 0.434. The highest BCUT2D eigenvalue weighted by Gasteiger charge is 2.36. The van der Waals surface area contributed by atoms with E-state index in [9.17, 15) is 4.79 Å². The van der Waals surface area contributed by atoms with E-state index in [0.29, 0.717) is 12.0 Å². The van der Waals surface area contributed by atoms with Crippen LogP contribution in [0.4, 0.5) is 0 Å². The van der Waals surface area contributed by atoms with Crippen LogP contribution in [0.3, 0.4) is 0 Å². The van der Waals surface area contributed by atoms with Crippen LogP contribution in [0.5, 0.6) is 0 Å².